The van der Waals surface area contributed by atoms with Crippen LogP contribution in [0.25, 0.3) is 0 Å². The second-order valence-corrected chi connectivity index (χ2v) is 5.31. The zero-order chi connectivity index (χ0) is 14.4. The van der Waals surface area contributed by atoms with Crippen molar-refractivity contribution in [3.63, 3.8) is 0 Å². The normalized spacial score (nSPS) is 16.6. The zero-order valence-corrected chi connectivity index (χ0v) is 12.5. The minimum Gasteiger partial charge on any atom is -0.494 e. The fraction of sp³-hybridized carbons (Fsp3) is 0.529. The summed E-state index contributed by atoms with van der Waals surface area (Å²) in [5.74, 6) is 3.66. The molecule has 0 aromatic heterocycles. The van der Waals surface area contributed by atoms with Crippen molar-refractivity contribution in [3.05, 3.63) is 23.8 Å². The van der Waals surface area contributed by atoms with Gasteiger partial charge in [-0.1, -0.05) is 5.92 Å². The molecule has 0 unspecified atom stereocenters. The van der Waals surface area contributed by atoms with Gasteiger partial charge in [-0.2, -0.15) is 0 Å². The van der Waals surface area contributed by atoms with E-state index in [-0.39, 0.29) is 0 Å². The molecule has 1 aliphatic rings. The fourth-order valence-corrected chi connectivity index (χ4v) is 2.64. The minimum atomic E-state index is 0.542. The Hall–Kier alpha value is -1.66. The van der Waals surface area contributed by atoms with E-state index in [0.717, 1.165) is 38.2 Å². The van der Waals surface area contributed by atoms with Gasteiger partial charge in [0.2, 0.25) is 0 Å². The first kappa shape index (κ1) is 14.7. The first-order chi connectivity index (χ1) is 9.72. The van der Waals surface area contributed by atoms with E-state index >= 15 is 0 Å². The van der Waals surface area contributed by atoms with Crippen molar-refractivity contribution in [3.8, 4) is 18.1 Å². The maximum atomic E-state index is 5.52. The van der Waals surface area contributed by atoms with E-state index in [0.29, 0.717) is 12.6 Å². The van der Waals surface area contributed by atoms with Crippen LogP contribution >= 0.6 is 0 Å². The van der Waals surface area contributed by atoms with Crippen LogP contribution in [0, 0.1) is 19.3 Å². The number of ether oxygens (including phenoxy) is 1. The molecule has 2 rings (SSSR count). The predicted octanol–water partition coefficient (Wildman–Crippen LogP) is 2.90. The molecule has 1 saturated heterocycles. The zero-order valence-electron chi connectivity index (χ0n) is 12.5. The molecule has 1 heterocycles. The molecule has 0 radical (unpaired) electrons. The topological polar surface area (TPSA) is 24.5 Å². The second kappa shape index (κ2) is 7.21. The molecule has 1 aromatic rings. The highest BCUT2D eigenvalue weighted by molar-refractivity contribution is 5.54. The Kier molecular flexibility index (Phi) is 5.31. The molecule has 0 bridgehead atoms. The third-order valence-corrected chi connectivity index (χ3v) is 3.77. The number of nitrogens with one attached hydrogen (secondary N) is 1. The first-order valence-corrected chi connectivity index (χ1v) is 7.38. The van der Waals surface area contributed by atoms with Gasteiger partial charge in [-0.05, 0) is 50.5 Å². The van der Waals surface area contributed by atoms with Crippen molar-refractivity contribution < 1.29 is 4.74 Å². The lowest BCUT2D eigenvalue weighted by atomic mass is 10.0. The standard InChI is InChI=1S/C17H24N2O/c1-4-10-19-11-8-15(9-12-19)18-17-7-6-16(20-5-2)13-14(17)3/h1,6-7,13,15,18H,5,8-12H2,2-3H3. The lowest BCUT2D eigenvalue weighted by Gasteiger charge is -2.32. The molecule has 0 aliphatic carbocycles. The summed E-state index contributed by atoms with van der Waals surface area (Å²) in [5, 5.41) is 3.65. The van der Waals surface area contributed by atoms with Crippen LogP contribution in [-0.4, -0.2) is 37.2 Å². The van der Waals surface area contributed by atoms with Crippen LogP contribution in [0.4, 0.5) is 5.69 Å². The average Bonchev–Trinajstić information content (AvgIpc) is 2.44. The van der Waals surface area contributed by atoms with Gasteiger partial charge >= 0.3 is 0 Å². The van der Waals surface area contributed by atoms with Gasteiger partial charge < -0.3 is 10.1 Å². The smallest absolute Gasteiger partial charge is 0.119 e. The number of anilines is 1. The predicted molar refractivity (Wildman–Crippen MR) is 84.3 cm³/mol. The second-order valence-electron chi connectivity index (χ2n) is 5.31. The summed E-state index contributed by atoms with van der Waals surface area (Å²) < 4.78 is 5.52. The molecule has 20 heavy (non-hydrogen) atoms. The highest BCUT2D eigenvalue weighted by atomic mass is 16.5. The SMILES string of the molecule is C#CCN1CCC(Nc2ccc(OCC)cc2C)CC1. The van der Waals surface area contributed by atoms with Crippen molar-refractivity contribution in [2.75, 3.05) is 31.6 Å². The summed E-state index contributed by atoms with van der Waals surface area (Å²) in [4.78, 5) is 2.34. The summed E-state index contributed by atoms with van der Waals surface area (Å²) in [6.07, 6.45) is 7.65. The number of nitrogens with zero attached hydrogens (tertiary/aromatic N) is 1. The summed E-state index contributed by atoms with van der Waals surface area (Å²) in [6.45, 7) is 7.77. The Morgan fingerprint density at radius 1 is 1.40 bits per heavy atom. The number of likely N-dealkylation sites (tertiary alicyclic amines) is 1. The molecule has 1 aromatic carbocycles. The molecule has 0 saturated carbocycles. The minimum absolute atomic E-state index is 0.542. The van der Waals surface area contributed by atoms with Gasteiger partial charge in [-0.15, -0.1) is 6.42 Å². The van der Waals surface area contributed by atoms with E-state index in [1.54, 1.807) is 0 Å². The summed E-state index contributed by atoms with van der Waals surface area (Å²) in [7, 11) is 0. The molecule has 0 spiro atoms. The molecule has 0 atom stereocenters. The van der Waals surface area contributed by atoms with Crippen LogP contribution in [0.2, 0.25) is 0 Å². The molecular weight excluding hydrogens is 248 g/mol. The highest BCUT2D eigenvalue weighted by Gasteiger charge is 2.18. The van der Waals surface area contributed by atoms with Gasteiger partial charge in [0, 0.05) is 24.8 Å². The monoisotopic (exact) mass is 272 g/mol. The first-order valence-electron chi connectivity index (χ1n) is 7.38. The van der Waals surface area contributed by atoms with Crippen molar-refractivity contribution >= 4 is 5.69 Å². The van der Waals surface area contributed by atoms with Crippen LogP contribution < -0.4 is 10.1 Å². The van der Waals surface area contributed by atoms with Crippen LogP contribution in [-0.2, 0) is 0 Å². The van der Waals surface area contributed by atoms with Gasteiger partial charge in [0.05, 0.1) is 13.2 Å². The van der Waals surface area contributed by atoms with E-state index in [1.807, 2.05) is 13.0 Å². The fourth-order valence-electron chi connectivity index (χ4n) is 2.64. The number of hydrogen-bond acceptors (Lipinski definition) is 3. The largest absolute Gasteiger partial charge is 0.494 e. The van der Waals surface area contributed by atoms with E-state index in [1.165, 1.54) is 11.3 Å². The number of aryl methyl sites for hydroxylation is 1. The van der Waals surface area contributed by atoms with E-state index < -0.39 is 0 Å². The lowest BCUT2D eigenvalue weighted by Crippen LogP contribution is -2.39. The third kappa shape index (κ3) is 3.91. The molecule has 108 valence electrons. The Morgan fingerprint density at radius 2 is 2.15 bits per heavy atom. The van der Waals surface area contributed by atoms with Crippen LogP contribution in [0.15, 0.2) is 18.2 Å². The number of piperidine rings is 1. The maximum absolute atomic E-state index is 5.52. The Labute approximate surface area is 122 Å². The molecule has 3 heteroatoms. The Morgan fingerprint density at radius 3 is 2.75 bits per heavy atom. The molecule has 1 aliphatic heterocycles. The number of rotatable bonds is 5. The van der Waals surface area contributed by atoms with Gasteiger partial charge in [-0.3, -0.25) is 4.90 Å². The molecule has 1 N–H and O–H groups in total. The number of terminal acetylenes is 1. The quantitative estimate of drug-likeness (QED) is 0.834. The van der Waals surface area contributed by atoms with Gasteiger partial charge in [0.15, 0.2) is 0 Å². The van der Waals surface area contributed by atoms with Crippen molar-refractivity contribution in [1.82, 2.24) is 4.90 Å². The van der Waals surface area contributed by atoms with Crippen LogP contribution in [0.5, 0.6) is 5.75 Å². The highest BCUT2D eigenvalue weighted by Crippen LogP contribution is 2.24. The van der Waals surface area contributed by atoms with Crippen LogP contribution in [0.1, 0.15) is 25.3 Å². The van der Waals surface area contributed by atoms with Crippen LogP contribution in [0.3, 0.4) is 0 Å². The summed E-state index contributed by atoms with van der Waals surface area (Å²) >= 11 is 0. The Balaban J connectivity index is 1.90. The number of benzene rings is 1. The van der Waals surface area contributed by atoms with Gasteiger partial charge in [-0.25, -0.2) is 0 Å². The summed E-state index contributed by atoms with van der Waals surface area (Å²) in [5.41, 5.74) is 2.45. The molecular formula is C17H24N2O. The van der Waals surface area contributed by atoms with Gasteiger partial charge in [0.25, 0.3) is 0 Å². The Bertz CT molecular complexity index is 470. The average molecular weight is 272 g/mol. The summed E-state index contributed by atoms with van der Waals surface area (Å²) in [6, 6.07) is 6.79. The maximum Gasteiger partial charge on any atom is 0.119 e. The molecule has 0 amide bonds. The molecule has 3 nitrogen and oxygen atoms in total. The van der Waals surface area contributed by atoms with Crippen molar-refractivity contribution in [2.24, 2.45) is 0 Å². The van der Waals surface area contributed by atoms with Crippen molar-refractivity contribution in [2.45, 2.75) is 32.7 Å². The van der Waals surface area contributed by atoms with Crippen molar-refractivity contribution in [1.29, 1.82) is 0 Å². The third-order valence-electron chi connectivity index (χ3n) is 3.77. The van der Waals surface area contributed by atoms with Gasteiger partial charge in [0.1, 0.15) is 5.75 Å². The molecule has 1 fully saturated rings. The van der Waals surface area contributed by atoms with E-state index in [2.05, 4.69) is 35.2 Å². The number of hydrogen-bond donors (Lipinski definition) is 1. The van der Waals surface area contributed by atoms with E-state index in [4.69, 9.17) is 11.2 Å². The van der Waals surface area contributed by atoms with E-state index in [9.17, 15) is 0 Å². The lowest BCUT2D eigenvalue weighted by molar-refractivity contribution is 0.243.